The summed E-state index contributed by atoms with van der Waals surface area (Å²) in [4.78, 5) is 15.4. The van der Waals surface area contributed by atoms with Crippen molar-refractivity contribution in [3.05, 3.63) is 48.5 Å². The molecular formula is C12H10F3N3O. The van der Waals surface area contributed by atoms with Gasteiger partial charge in [0.05, 0.1) is 17.6 Å². The molecule has 1 aromatic carbocycles. The Labute approximate surface area is 106 Å². The number of amides is 1. The van der Waals surface area contributed by atoms with Crippen LogP contribution in [-0.2, 0) is 17.5 Å². The van der Waals surface area contributed by atoms with Gasteiger partial charge in [0.1, 0.15) is 6.54 Å². The van der Waals surface area contributed by atoms with Gasteiger partial charge in [-0.25, -0.2) is 4.98 Å². The number of imidazole rings is 1. The van der Waals surface area contributed by atoms with Gasteiger partial charge in [-0.3, -0.25) is 4.79 Å². The van der Waals surface area contributed by atoms with E-state index in [0.29, 0.717) is 0 Å². The zero-order valence-corrected chi connectivity index (χ0v) is 9.69. The summed E-state index contributed by atoms with van der Waals surface area (Å²) in [7, 11) is 0. The van der Waals surface area contributed by atoms with E-state index in [1.807, 2.05) is 0 Å². The van der Waals surface area contributed by atoms with Gasteiger partial charge < -0.3 is 9.88 Å². The maximum atomic E-state index is 12.7. The van der Waals surface area contributed by atoms with Crippen molar-refractivity contribution in [2.75, 3.05) is 5.32 Å². The number of nitrogens with zero attached hydrogens (tertiary/aromatic N) is 2. The summed E-state index contributed by atoms with van der Waals surface area (Å²) in [5, 5.41) is 2.25. The fourth-order valence-corrected chi connectivity index (χ4v) is 1.58. The van der Waals surface area contributed by atoms with Gasteiger partial charge in [0.25, 0.3) is 0 Å². The van der Waals surface area contributed by atoms with Gasteiger partial charge in [0.15, 0.2) is 0 Å². The van der Waals surface area contributed by atoms with E-state index >= 15 is 0 Å². The molecule has 1 N–H and O–H groups in total. The Balaban J connectivity index is 2.13. The SMILES string of the molecule is O=C(Cn1ccnc1)Nc1ccccc1C(F)(F)F. The number of hydrogen-bond acceptors (Lipinski definition) is 2. The van der Waals surface area contributed by atoms with Gasteiger partial charge in [0, 0.05) is 12.4 Å². The molecule has 0 aliphatic rings. The van der Waals surface area contributed by atoms with E-state index in [4.69, 9.17) is 0 Å². The lowest BCUT2D eigenvalue weighted by Crippen LogP contribution is -2.20. The standard InChI is InChI=1S/C12H10F3N3O/c13-12(14,15)9-3-1-2-4-10(9)17-11(19)7-18-6-5-16-8-18/h1-6,8H,7H2,(H,17,19). The second-order valence-electron chi connectivity index (χ2n) is 3.83. The molecule has 0 saturated carbocycles. The highest BCUT2D eigenvalue weighted by Gasteiger charge is 2.33. The number of anilines is 1. The highest BCUT2D eigenvalue weighted by atomic mass is 19.4. The average molecular weight is 269 g/mol. The van der Waals surface area contributed by atoms with Crippen molar-refractivity contribution in [1.82, 2.24) is 9.55 Å². The molecule has 0 saturated heterocycles. The number of halogens is 3. The molecule has 0 fully saturated rings. The summed E-state index contributed by atoms with van der Waals surface area (Å²) < 4.78 is 39.6. The highest BCUT2D eigenvalue weighted by Crippen LogP contribution is 2.34. The van der Waals surface area contributed by atoms with E-state index < -0.39 is 17.6 Å². The summed E-state index contributed by atoms with van der Waals surface area (Å²) in [5.41, 5.74) is -1.12. The topological polar surface area (TPSA) is 46.9 Å². The summed E-state index contributed by atoms with van der Waals surface area (Å²) in [6.07, 6.45) is -0.0553. The Morgan fingerprint density at radius 2 is 2.05 bits per heavy atom. The Bertz CT molecular complexity index is 564. The fraction of sp³-hybridized carbons (Fsp3) is 0.167. The fourth-order valence-electron chi connectivity index (χ4n) is 1.58. The Morgan fingerprint density at radius 1 is 1.32 bits per heavy atom. The van der Waals surface area contributed by atoms with Crippen LogP contribution in [0.25, 0.3) is 0 Å². The number of aromatic nitrogens is 2. The molecule has 2 aromatic rings. The smallest absolute Gasteiger partial charge is 0.328 e. The van der Waals surface area contributed by atoms with E-state index in [2.05, 4.69) is 10.3 Å². The van der Waals surface area contributed by atoms with Gasteiger partial charge in [-0.15, -0.1) is 0 Å². The molecule has 2 rings (SSSR count). The van der Waals surface area contributed by atoms with Crippen LogP contribution in [0.2, 0.25) is 0 Å². The molecule has 0 unspecified atom stereocenters. The second-order valence-corrected chi connectivity index (χ2v) is 3.83. The van der Waals surface area contributed by atoms with Crippen molar-refractivity contribution in [1.29, 1.82) is 0 Å². The molecular weight excluding hydrogens is 259 g/mol. The van der Waals surface area contributed by atoms with Crippen LogP contribution < -0.4 is 5.32 Å². The Morgan fingerprint density at radius 3 is 2.68 bits per heavy atom. The minimum atomic E-state index is -4.50. The zero-order chi connectivity index (χ0) is 13.9. The van der Waals surface area contributed by atoms with Crippen molar-refractivity contribution in [3.8, 4) is 0 Å². The first-order valence-electron chi connectivity index (χ1n) is 5.38. The Hall–Kier alpha value is -2.31. The second kappa shape index (κ2) is 5.13. The zero-order valence-electron chi connectivity index (χ0n) is 9.69. The highest BCUT2D eigenvalue weighted by molar-refractivity contribution is 5.91. The van der Waals surface area contributed by atoms with Crippen LogP contribution in [0, 0.1) is 0 Å². The van der Waals surface area contributed by atoms with Crippen molar-refractivity contribution in [2.45, 2.75) is 12.7 Å². The van der Waals surface area contributed by atoms with Crippen molar-refractivity contribution >= 4 is 11.6 Å². The lowest BCUT2D eigenvalue weighted by molar-refractivity contribution is -0.137. The number of carbonyl (C=O) groups excluding carboxylic acids is 1. The van der Waals surface area contributed by atoms with Gasteiger partial charge in [-0.1, -0.05) is 12.1 Å². The van der Waals surface area contributed by atoms with E-state index in [1.54, 1.807) is 6.20 Å². The summed E-state index contributed by atoms with van der Waals surface area (Å²) in [5.74, 6) is -0.547. The first-order chi connectivity index (χ1) is 8.97. The van der Waals surface area contributed by atoms with Crippen LogP contribution in [0.1, 0.15) is 5.56 Å². The van der Waals surface area contributed by atoms with Gasteiger partial charge in [-0.05, 0) is 12.1 Å². The molecule has 7 heteroatoms. The molecule has 0 aliphatic heterocycles. The number of alkyl halides is 3. The molecule has 1 aromatic heterocycles. The first-order valence-corrected chi connectivity index (χ1v) is 5.38. The summed E-state index contributed by atoms with van der Waals surface area (Å²) in [6.45, 7) is -0.0911. The van der Waals surface area contributed by atoms with Crippen LogP contribution in [0.5, 0.6) is 0 Å². The molecule has 1 heterocycles. The molecule has 0 bridgehead atoms. The number of benzene rings is 1. The Kier molecular flexibility index (Phi) is 3.55. The minimum Gasteiger partial charge on any atom is -0.328 e. The predicted octanol–water partition coefficient (Wildman–Crippen LogP) is 2.54. The molecule has 0 atom stereocenters. The number of nitrogens with one attached hydrogen (secondary N) is 1. The van der Waals surface area contributed by atoms with E-state index in [1.165, 1.54) is 35.3 Å². The summed E-state index contributed by atoms with van der Waals surface area (Å²) in [6, 6.07) is 4.85. The summed E-state index contributed by atoms with van der Waals surface area (Å²) >= 11 is 0. The lowest BCUT2D eigenvalue weighted by Gasteiger charge is -2.13. The molecule has 0 radical (unpaired) electrons. The minimum absolute atomic E-state index is 0.0911. The van der Waals surface area contributed by atoms with Crippen LogP contribution in [0.3, 0.4) is 0 Å². The van der Waals surface area contributed by atoms with Gasteiger partial charge >= 0.3 is 6.18 Å². The van der Waals surface area contributed by atoms with Crippen LogP contribution in [0.4, 0.5) is 18.9 Å². The van der Waals surface area contributed by atoms with E-state index in [9.17, 15) is 18.0 Å². The third-order valence-electron chi connectivity index (χ3n) is 2.39. The molecule has 0 spiro atoms. The third-order valence-corrected chi connectivity index (χ3v) is 2.39. The van der Waals surface area contributed by atoms with E-state index in [0.717, 1.165) is 6.07 Å². The van der Waals surface area contributed by atoms with Crippen molar-refractivity contribution in [3.63, 3.8) is 0 Å². The van der Waals surface area contributed by atoms with Crippen LogP contribution in [0.15, 0.2) is 43.0 Å². The van der Waals surface area contributed by atoms with E-state index in [-0.39, 0.29) is 12.2 Å². The molecule has 19 heavy (non-hydrogen) atoms. The first kappa shape index (κ1) is 13.1. The number of carbonyl (C=O) groups is 1. The van der Waals surface area contributed by atoms with Gasteiger partial charge in [-0.2, -0.15) is 13.2 Å². The quantitative estimate of drug-likeness (QED) is 0.930. The number of para-hydroxylation sites is 1. The van der Waals surface area contributed by atoms with Crippen molar-refractivity contribution in [2.24, 2.45) is 0 Å². The lowest BCUT2D eigenvalue weighted by atomic mass is 10.1. The van der Waals surface area contributed by atoms with Crippen molar-refractivity contribution < 1.29 is 18.0 Å². The largest absolute Gasteiger partial charge is 0.418 e. The number of hydrogen-bond donors (Lipinski definition) is 1. The maximum Gasteiger partial charge on any atom is 0.418 e. The third kappa shape index (κ3) is 3.34. The molecule has 4 nitrogen and oxygen atoms in total. The maximum absolute atomic E-state index is 12.7. The van der Waals surface area contributed by atoms with Crippen LogP contribution in [-0.4, -0.2) is 15.5 Å². The van der Waals surface area contributed by atoms with Crippen LogP contribution >= 0.6 is 0 Å². The van der Waals surface area contributed by atoms with Gasteiger partial charge in [0.2, 0.25) is 5.91 Å². The monoisotopic (exact) mass is 269 g/mol. The normalized spacial score (nSPS) is 11.3. The predicted molar refractivity (Wildman–Crippen MR) is 62.3 cm³/mol. The molecule has 100 valence electrons. The number of rotatable bonds is 3. The average Bonchev–Trinajstić information content (AvgIpc) is 2.81. The molecule has 1 amide bonds. The molecule has 0 aliphatic carbocycles.